The maximum Gasteiger partial charge on any atom is 0.322 e. The van der Waals surface area contributed by atoms with E-state index >= 15 is 0 Å². The molecule has 31 heavy (non-hydrogen) atoms. The van der Waals surface area contributed by atoms with Gasteiger partial charge < -0.3 is 10.2 Å². The molecule has 0 fully saturated rings. The smallest absolute Gasteiger partial charge is 0.315 e. The predicted molar refractivity (Wildman–Crippen MR) is 127 cm³/mol. The molecule has 0 spiro atoms. The Bertz CT molecular complexity index is 1150. The summed E-state index contributed by atoms with van der Waals surface area (Å²) in [5, 5.41) is 4.40. The topological polar surface area (TPSA) is 67.2 Å². The third-order valence-corrected chi connectivity index (χ3v) is 5.66. The molecule has 1 aromatic heterocycles. The maximum absolute atomic E-state index is 13.2. The number of amides is 2. The van der Waals surface area contributed by atoms with Crippen LogP contribution >= 0.6 is 23.2 Å². The van der Waals surface area contributed by atoms with Crippen LogP contribution in [-0.2, 0) is 6.54 Å². The van der Waals surface area contributed by atoms with Gasteiger partial charge in [0.1, 0.15) is 5.82 Å². The van der Waals surface area contributed by atoms with Crippen LogP contribution in [0.4, 0.5) is 10.5 Å². The van der Waals surface area contributed by atoms with Gasteiger partial charge in [-0.05, 0) is 56.7 Å². The van der Waals surface area contributed by atoms with Crippen LogP contribution in [0.15, 0.2) is 47.3 Å². The van der Waals surface area contributed by atoms with Crippen molar-refractivity contribution in [2.75, 3.05) is 11.9 Å². The number of carbonyl (C=O) groups is 1. The number of hydrogen-bond acceptors (Lipinski definition) is 3. The van der Waals surface area contributed by atoms with E-state index in [0.717, 1.165) is 12.8 Å². The van der Waals surface area contributed by atoms with Gasteiger partial charge in [-0.2, -0.15) is 0 Å². The molecule has 0 aliphatic rings. The average Bonchev–Trinajstić information content (AvgIpc) is 2.74. The summed E-state index contributed by atoms with van der Waals surface area (Å²) < 4.78 is 1.61. The van der Waals surface area contributed by atoms with E-state index in [9.17, 15) is 9.59 Å². The molecule has 3 aromatic rings. The quantitative estimate of drug-likeness (QED) is 0.461. The molecule has 164 valence electrons. The van der Waals surface area contributed by atoms with Crippen LogP contribution in [0.5, 0.6) is 0 Å². The lowest BCUT2D eigenvalue weighted by molar-refractivity contribution is 0.187. The maximum atomic E-state index is 13.2. The normalized spacial score (nSPS) is 12.0. The van der Waals surface area contributed by atoms with Gasteiger partial charge in [-0.3, -0.25) is 9.36 Å². The van der Waals surface area contributed by atoms with Crippen molar-refractivity contribution < 1.29 is 4.79 Å². The average molecular weight is 461 g/mol. The van der Waals surface area contributed by atoms with Gasteiger partial charge in [0.05, 0.1) is 16.9 Å². The van der Waals surface area contributed by atoms with Gasteiger partial charge in [0.2, 0.25) is 0 Å². The zero-order valence-corrected chi connectivity index (χ0v) is 19.4. The largest absolute Gasteiger partial charge is 0.322 e. The molecule has 8 heteroatoms. The molecule has 0 aliphatic heterocycles. The van der Waals surface area contributed by atoms with Crippen LogP contribution in [0, 0.1) is 0 Å². The first-order valence-corrected chi connectivity index (χ1v) is 11.1. The number of urea groups is 1. The van der Waals surface area contributed by atoms with Crippen molar-refractivity contribution in [3.63, 3.8) is 0 Å². The lowest BCUT2D eigenvalue weighted by atomic mass is 10.2. The fraction of sp³-hybridized carbons (Fsp3) is 0.348. The van der Waals surface area contributed by atoms with Crippen LogP contribution in [0.3, 0.4) is 0 Å². The summed E-state index contributed by atoms with van der Waals surface area (Å²) in [6, 6.07) is 11.4. The fourth-order valence-corrected chi connectivity index (χ4v) is 3.90. The first-order chi connectivity index (χ1) is 14.8. The Balaban J connectivity index is 2.01. The van der Waals surface area contributed by atoms with Gasteiger partial charge in [-0.1, -0.05) is 42.6 Å². The van der Waals surface area contributed by atoms with Crippen molar-refractivity contribution >= 4 is 45.8 Å². The fourth-order valence-electron chi connectivity index (χ4n) is 3.54. The van der Waals surface area contributed by atoms with Crippen molar-refractivity contribution in [3.8, 4) is 0 Å². The van der Waals surface area contributed by atoms with E-state index in [0.29, 0.717) is 45.5 Å². The molecule has 0 aliphatic carbocycles. The SMILES string of the molecule is CCCCN(C(=O)Nc1cccc(Cl)c1)C(C)c1nc2ccc(Cl)cc2c(=O)n1CC. The number of carbonyl (C=O) groups excluding carboxylic acids is 1. The molecule has 1 atom stereocenters. The third kappa shape index (κ3) is 5.20. The highest BCUT2D eigenvalue weighted by Crippen LogP contribution is 2.24. The molecular formula is C23H26Cl2N4O2. The highest BCUT2D eigenvalue weighted by molar-refractivity contribution is 6.31. The number of nitrogens with zero attached hydrogens (tertiary/aromatic N) is 3. The molecule has 0 bridgehead atoms. The van der Waals surface area contributed by atoms with E-state index in [1.54, 1.807) is 51.9 Å². The molecule has 2 amide bonds. The molecule has 0 saturated heterocycles. The summed E-state index contributed by atoms with van der Waals surface area (Å²) in [5.74, 6) is 0.541. The van der Waals surface area contributed by atoms with Gasteiger partial charge in [-0.25, -0.2) is 9.78 Å². The highest BCUT2D eigenvalue weighted by Gasteiger charge is 2.26. The Kier molecular flexibility index (Phi) is 7.57. The van der Waals surface area contributed by atoms with Crippen LogP contribution < -0.4 is 10.9 Å². The Hall–Kier alpha value is -2.57. The van der Waals surface area contributed by atoms with Gasteiger partial charge >= 0.3 is 6.03 Å². The second-order valence-electron chi connectivity index (χ2n) is 7.34. The van der Waals surface area contributed by atoms with Crippen LogP contribution in [0.2, 0.25) is 10.0 Å². The van der Waals surface area contributed by atoms with E-state index in [4.69, 9.17) is 28.2 Å². The number of nitrogens with one attached hydrogen (secondary N) is 1. The molecule has 1 heterocycles. The van der Waals surface area contributed by atoms with Crippen molar-refractivity contribution in [1.82, 2.24) is 14.5 Å². The van der Waals surface area contributed by atoms with Gasteiger partial charge in [0.15, 0.2) is 0 Å². The molecule has 2 aromatic carbocycles. The third-order valence-electron chi connectivity index (χ3n) is 5.19. The number of fused-ring (bicyclic) bond motifs is 1. The van der Waals surface area contributed by atoms with Crippen molar-refractivity contribution in [2.45, 2.75) is 46.2 Å². The van der Waals surface area contributed by atoms with E-state index < -0.39 is 6.04 Å². The number of benzene rings is 2. The molecule has 3 rings (SSSR count). The second-order valence-corrected chi connectivity index (χ2v) is 8.22. The summed E-state index contributed by atoms with van der Waals surface area (Å²) in [4.78, 5) is 32.7. The minimum absolute atomic E-state index is 0.164. The minimum atomic E-state index is -0.418. The first-order valence-electron chi connectivity index (χ1n) is 10.4. The Morgan fingerprint density at radius 3 is 2.58 bits per heavy atom. The summed E-state index contributed by atoms with van der Waals surface area (Å²) in [5.41, 5.74) is 1.01. The minimum Gasteiger partial charge on any atom is -0.315 e. The Morgan fingerprint density at radius 1 is 1.16 bits per heavy atom. The number of anilines is 1. The van der Waals surface area contributed by atoms with E-state index in [-0.39, 0.29) is 11.6 Å². The number of aromatic nitrogens is 2. The van der Waals surface area contributed by atoms with Crippen LogP contribution in [-0.4, -0.2) is 27.0 Å². The standard InChI is InChI=1S/C23H26Cl2N4O2/c1-4-6-12-29(23(31)26-18-9-7-8-16(24)13-18)15(3)21-27-20-11-10-17(25)14-19(20)22(30)28(21)5-2/h7-11,13-15H,4-6,12H2,1-3H3,(H,26,31). The summed E-state index contributed by atoms with van der Waals surface area (Å²) in [6.45, 7) is 6.81. The van der Waals surface area contributed by atoms with Gasteiger partial charge in [-0.15, -0.1) is 0 Å². The molecule has 0 saturated carbocycles. The predicted octanol–water partition coefficient (Wildman–Crippen LogP) is 6.12. The summed E-state index contributed by atoms with van der Waals surface area (Å²) in [7, 11) is 0. The van der Waals surface area contributed by atoms with Gasteiger partial charge in [0, 0.05) is 28.8 Å². The second kappa shape index (κ2) is 10.2. The molecule has 1 N–H and O–H groups in total. The molecule has 0 radical (unpaired) electrons. The number of unbranched alkanes of at least 4 members (excludes halogenated alkanes) is 1. The van der Waals surface area contributed by atoms with Crippen molar-refractivity contribution in [2.24, 2.45) is 0 Å². The molecular weight excluding hydrogens is 435 g/mol. The van der Waals surface area contributed by atoms with Gasteiger partial charge in [0.25, 0.3) is 5.56 Å². The summed E-state index contributed by atoms with van der Waals surface area (Å²) in [6.07, 6.45) is 1.75. The summed E-state index contributed by atoms with van der Waals surface area (Å²) >= 11 is 12.1. The van der Waals surface area contributed by atoms with E-state index in [2.05, 4.69) is 12.2 Å². The lowest BCUT2D eigenvalue weighted by Gasteiger charge is -2.30. The highest BCUT2D eigenvalue weighted by atomic mass is 35.5. The van der Waals surface area contributed by atoms with E-state index in [1.165, 1.54) is 0 Å². The number of hydrogen-bond donors (Lipinski definition) is 1. The zero-order chi connectivity index (χ0) is 22.5. The first kappa shape index (κ1) is 23.1. The Morgan fingerprint density at radius 2 is 1.90 bits per heavy atom. The monoisotopic (exact) mass is 460 g/mol. The molecule has 6 nitrogen and oxygen atoms in total. The van der Waals surface area contributed by atoms with E-state index in [1.807, 2.05) is 13.8 Å². The number of halogens is 2. The zero-order valence-electron chi connectivity index (χ0n) is 17.9. The van der Waals surface area contributed by atoms with Crippen molar-refractivity contribution in [1.29, 1.82) is 0 Å². The number of rotatable bonds is 7. The molecule has 1 unspecified atom stereocenters. The Labute approximate surface area is 191 Å². The van der Waals surface area contributed by atoms with Crippen molar-refractivity contribution in [3.05, 3.63) is 68.7 Å². The van der Waals surface area contributed by atoms with Crippen LogP contribution in [0.1, 0.15) is 45.5 Å². The lowest BCUT2D eigenvalue weighted by Crippen LogP contribution is -2.40. The van der Waals surface area contributed by atoms with Crippen LogP contribution in [0.25, 0.3) is 10.9 Å².